The number of benzene rings is 1. The first-order chi connectivity index (χ1) is 7.90. The molecule has 0 spiro atoms. The van der Waals surface area contributed by atoms with Crippen molar-refractivity contribution >= 4 is 43.5 Å². The average Bonchev–Trinajstić information content (AvgIpc) is 2.20. The monoisotopic (exact) mass is 363 g/mol. The highest BCUT2D eigenvalue weighted by Crippen LogP contribution is 2.32. The molecular weight excluding hydrogens is 350 g/mol. The molecule has 1 amide bonds. The molecule has 0 bridgehead atoms. The third kappa shape index (κ3) is 4.77. The van der Waals surface area contributed by atoms with Gasteiger partial charge in [-0.25, -0.2) is 0 Å². The van der Waals surface area contributed by atoms with E-state index in [0.29, 0.717) is 0 Å². The molecule has 0 aliphatic rings. The molecule has 1 rings (SSSR count). The van der Waals surface area contributed by atoms with E-state index in [0.717, 1.165) is 20.2 Å². The molecule has 0 saturated heterocycles. The molecular formula is C12H15Br2NO2. The molecule has 0 heterocycles. The molecule has 0 unspecified atom stereocenters. The Morgan fingerprint density at radius 3 is 2.35 bits per heavy atom. The van der Waals surface area contributed by atoms with Gasteiger partial charge in [-0.1, -0.05) is 0 Å². The number of halogens is 2. The van der Waals surface area contributed by atoms with Crippen LogP contribution in [0.3, 0.4) is 0 Å². The van der Waals surface area contributed by atoms with E-state index in [2.05, 4.69) is 37.2 Å². The lowest BCUT2D eigenvalue weighted by Gasteiger charge is -2.12. The van der Waals surface area contributed by atoms with Gasteiger partial charge in [0.25, 0.3) is 0 Å². The highest BCUT2D eigenvalue weighted by molar-refractivity contribution is 9.11. The number of hydrogen-bond donors (Lipinski definition) is 1. The number of aryl methyl sites for hydroxylation is 1. The second-order valence-electron chi connectivity index (χ2n) is 4.01. The normalized spacial score (nSPS) is 10.7. The first kappa shape index (κ1) is 14.7. The predicted molar refractivity (Wildman–Crippen MR) is 76.3 cm³/mol. The van der Waals surface area contributed by atoms with Crippen LogP contribution < -0.4 is 5.32 Å². The molecule has 0 fully saturated rings. The Hall–Kier alpha value is -0.390. The van der Waals surface area contributed by atoms with Crippen molar-refractivity contribution in [1.29, 1.82) is 0 Å². The summed E-state index contributed by atoms with van der Waals surface area (Å²) >= 11 is 6.84. The van der Waals surface area contributed by atoms with Gasteiger partial charge in [-0.3, -0.25) is 4.79 Å². The number of nitrogens with one attached hydrogen (secondary N) is 1. The lowest BCUT2D eigenvalue weighted by molar-refractivity contribution is -0.121. The van der Waals surface area contributed by atoms with Crippen molar-refractivity contribution in [3.8, 4) is 0 Å². The third-order valence-corrected chi connectivity index (χ3v) is 3.25. The van der Waals surface area contributed by atoms with Gasteiger partial charge in [0.1, 0.15) is 6.61 Å². The van der Waals surface area contributed by atoms with Crippen LogP contribution in [0.1, 0.15) is 19.4 Å². The van der Waals surface area contributed by atoms with E-state index in [4.69, 9.17) is 4.74 Å². The zero-order valence-electron chi connectivity index (χ0n) is 10.0. The highest BCUT2D eigenvalue weighted by Gasteiger charge is 2.10. The molecule has 17 heavy (non-hydrogen) atoms. The molecule has 0 aliphatic carbocycles. The standard InChI is InChI=1S/C12H15Br2NO2/c1-7(2)17-6-11(16)15-12-9(13)4-8(3)5-10(12)14/h4-5,7H,6H2,1-3H3,(H,15,16). The molecule has 3 nitrogen and oxygen atoms in total. The van der Waals surface area contributed by atoms with E-state index >= 15 is 0 Å². The third-order valence-electron chi connectivity index (χ3n) is 2.00. The topological polar surface area (TPSA) is 38.3 Å². The van der Waals surface area contributed by atoms with Crippen LogP contribution in [0.4, 0.5) is 5.69 Å². The van der Waals surface area contributed by atoms with E-state index in [1.54, 1.807) is 0 Å². The number of carbonyl (C=O) groups is 1. The number of amides is 1. The summed E-state index contributed by atoms with van der Waals surface area (Å²) in [4.78, 5) is 11.6. The number of ether oxygens (including phenoxy) is 1. The van der Waals surface area contributed by atoms with Gasteiger partial charge in [-0.05, 0) is 70.3 Å². The highest BCUT2D eigenvalue weighted by atomic mass is 79.9. The summed E-state index contributed by atoms with van der Waals surface area (Å²) in [5.41, 5.74) is 1.84. The van der Waals surface area contributed by atoms with Gasteiger partial charge >= 0.3 is 0 Å². The first-order valence-electron chi connectivity index (χ1n) is 5.27. The maximum atomic E-state index is 11.6. The summed E-state index contributed by atoms with van der Waals surface area (Å²) in [6.07, 6.45) is 0.0469. The predicted octanol–water partition coefficient (Wildman–Crippen LogP) is 3.88. The van der Waals surface area contributed by atoms with Crippen molar-refractivity contribution in [2.45, 2.75) is 26.9 Å². The Bertz CT molecular complexity index is 396. The van der Waals surface area contributed by atoms with Crippen LogP contribution in [-0.4, -0.2) is 18.6 Å². The minimum atomic E-state index is -0.163. The van der Waals surface area contributed by atoms with Gasteiger partial charge in [0.05, 0.1) is 11.8 Å². The van der Waals surface area contributed by atoms with Crippen molar-refractivity contribution in [1.82, 2.24) is 0 Å². The summed E-state index contributed by atoms with van der Waals surface area (Å²) in [5.74, 6) is -0.163. The fraction of sp³-hybridized carbons (Fsp3) is 0.417. The van der Waals surface area contributed by atoms with Crippen LogP contribution >= 0.6 is 31.9 Å². The van der Waals surface area contributed by atoms with Crippen molar-refractivity contribution in [3.63, 3.8) is 0 Å². The molecule has 0 aliphatic heterocycles. The SMILES string of the molecule is Cc1cc(Br)c(NC(=O)COC(C)C)c(Br)c1. The zero-order valence-corrected chi connectivity index (χ0v) is 13.2. The maximum Gasteiger partial charge on any atom is 0.250 e. The summed E-state index contributed by atoms with van der Waals surface area (Å²) in [6, 6.07) is 3.90. The van der Waals surface area contributed by atoms with Gasteiger partial charge in [0, 0.05) is 8.95 Å². The van der Waals surface area contributed by atoms with Gasteiger partial charge in [-0.15, -0.1) is 0 Å². The van der Waals surface area contributed by atoms with E-state index in [1.807, 2.05) is 32.9 Å². The maximum absolute atomic E-state index is 11.6. The Kier molecular flexibility index (Phi) is 5.62. The number of carbonyl (C=O) groups excluding carboxylic acids is 1. The van der Waals surface area contributed by atoms with Crippen molar-refractivity contribution in [2.75, 3.05) is 11.9 Å². The fourth-order valence-corrected chi connectivity index (χ4v) is 2.85. The summed E-state index contributed by atoms with van der Waals surface area (Å²) in [5, 5.41) is 2.80. The van der Waals surface area contributed by atoms with Crippen LogP contribution in [0.25, 0.3) is 0 Å². The summed E-state index contributed by atoms with van der Waals surface area (Å²) < 4.78 is 6.94. The van der Waals surface area contributed by atoms with Gasteiger partial charge < -0.3 is 10.1 Å². The Labute approximate surface area is 118 Å². The number of hydrogen-bond acceptors (Lipinski definition) is 2. The average molecular weight is 365 g/mol. The second kappa shape index (κ2) is 6.52. The van der Waals surface area contributed by atoms with E-state index < -0.39 is 0 Å². The second-order valence-corrected chi connectivity index (χ2v) is 5.72. The van der Waals surface area contributed by atoms with E-state index in [1.165, 1.54) is 0 Å². The van der Waals surface area contributed by atoms with E-state index in [9.17, 15) is 4.79 Å². The molecule has 0 atom stereocenters. The van der Waals surface area contributed by atoms with Crippen LogP contribution in [-0.2, 0) is 9.53 Å². The summed E-state index contributed by atoms with van der Waals surface area (Å²) in [6.45, 7) is 5.84. The van der Waals surface area contributed by atoms with E-state index in [-0.39, 0.29) is 18.6 Å². The molecule has 0 saturated carbocycles. The Morgan fingerprint density at radius 1 is 1.35 bits per heavy atom. The molecule has 94 valence electrons. The lowest BCUT2D eigenvalue weighted by atomic mass is 10.2. The van der Waals surface area contributed by atoms with Crippen LogP contribution in [0.5, 0.6) is 0 Å². The fourth-order valence-electron chi connectivity index (χ4n) is 1.24. The van der Waals surface area contributed by atoms with Gasteiger partial charge in [-0.2, -0.15) is 0 Å². The molecule has 0 radical (unpaired) electrons. The largest absolute Gasteiger partial charge is 0.369 e. The molecule has 1 aromatic rings. The Balaban J connectivity index is 2.72. The first-order valence-corrected chi connectivity index (χ1v) is 6.86. The Morgan fingerprint density at radius 2 is 1.88 bits per heavy atom. The summed E-state index contributed by atoms with van der Waals surface area (Å²) in [7, 11) is 0. The minimum absolute atomic E-state index is 0.0469. The molecule has 1 aromatic carbocycles. The van der Waals surface area contributed by atoms with Crippen LogP contribution in [0, 0.1) is 6.92 Å². The molecule has 0 aromatic heterocycles. The van der Waals surface area contributed by atoms with Crippen molar-refractivity contribution in [2.24, 2.45) is 0 Å². The van der Waals surface area contributed by atoms with Crippen molar-refractivity contribution < 1.29 is 9.53 Å². The van der Waals surface area contributed by atoms with Gasteiger partial charge in [0.15, 0.2) is 0 Å². The zero-order chi connectivity index (χ0) is 13.0. The number of rotatable bonds is 4. The van der Waals surface area contributed by atoms with Crippen LogP contribution in [0.2, 0.25) is 0 Å². The minimum Gasteiger partial charge on any atom is -0.369 e. The number of anilines is 1. The van der Waals surface area contributed by atoms with Gasteiger partial charge in [0.2, 0.25) is 5.91 Å². The lowest BCUT2D eigenvalue weighted by Crippen LogP contribution is -2.21. The smallest absolute Gasteiger partial charge is 0.250 e. The molecule has 5 heteroatoms. The molecule has 1 N–H and O–H groups in total. The van der Waals surface area contributed by atoms with Crippen LogP contribution in [0.15, 0.2) is 21.1 Å². The van der Waals surface area contributed by atoms with Crippen molar-refractivity contribution in [3.05, 3.63) is 26.6 Å². The quantitative estimate of drug-likeness (QED) is 0.880.